The van der Waals surface area contributed by atoms with Gasteiger partial charge in [0.1, 0.15) is 28.5 Å². The van der Waals surface area contributed by atoms with Crippen molar-refractivity contribution in [1.82, 2.24) is 30.5 Å². The summed E-state index contributed by atoms with van der Waals surface area (Å²) in [6, 6.07) is 21.6. The molecular formula is C53H64ClN7O5S3. The lowest BCUT2D eigenvalue weighted by atomic mass is 9.85. The number of hydrogen-bond acceptors (Lipinski definition) is 12. The van der Waals surface area contributed by atoms with Crippen LogP contribution in [0.3, 0.4) is 0 Å². The third kappa shape index (κ3) is 14.4. The van der Waals surface area contributed by atoms with E-state index in [1.54, 1.807) is 22.7 Å². The normalized spacial score (nSPS) is 15.7. The van der Waals surface area contributed by atoms with Crippen LogP contribution in [-0.4, -0.2) is 74.0 Å². The number of carbonyl (C=O) groups is 3. The van der Waals surface area contributed by atoms with Gasteiger partial charge in [0.25, 0.3) is 0 Å². The average molecular weight is 1010 g/mol. The van der Waals surface area contributed by atoms with E-state index >= 15 is 0 Å². The van der Waals surface area contributed by atoms with Gasteiger partial charge in [-0.3, -0.25) is 14.4 Å². The molecule has 0 aliphatic carbocycles. The predicted octanol–water partition coefficient (Wildman–Crippen LogP) is 12.4. The molecule has 3 aromatic heterocycles. The average Bonchev–Trinajstić information content (AvgIpc) is 4.17. The van der Waals surface area contributed by atoms with Gasteiger partial charge in [0.2, 0.25) is 17.7 Å². The third-order valence-corrected chi connectivity index (χ3v) is 15.2. The Hall–Kier alpha value is -5.19. The van der Waals surface area contributed by atoms with Gasteiger partial charge >= 0.3 is 0 Å². The molecule has 0 spiro atoms. The van der Waals surface area contributed by atoms with E-state index in [-0.39, 0.29) is 36.7 Å². The number of rotatable bonds is 23. The van der Waals surface area contributed by atoms with Gasteiger partial charge in [-0.25, -0.2) is 15.0 Å². The predicted molar refractivity (Wildman–Crippen MR) is 281 cm³/mol. The SMILES string of the molecule is Cc1ncsc1-c1ccc([C@H](C)NC(=O)[C@@H]2C[C@@H](O)CN2C(=O)[C@@H](NC(=O)CCCCCCCCCCCOc2ccccc2-c2csc(-c3csc(Nc4ccc(Cl)cc4)n3)n2)C(C)(C)C)cc1. The van der Waals surface area contributed by atoms with E-state index in [2.05, 4.69) is 26.3 Å². The number of anilines is 2. The maximum atomic E-state index is 14.1. The minimum absolute atomic E-state index is 0.0382. The van der Waals surface area contributed by atoms with Gasteiger partial charge < -0.3 is 30.7 Å². The van der Waals surface area contributed by atoms with E-state index in [9.17, 15) is 19.5 Å². The molecule has 6 aromatic rings. The number of aliphatic hydroxyl groups excluding tert-OH is 1. The molecule has 4 N–H and O–H groups in total. The number of hydrogen-bond donors (Lipinski definition) is 4. The van der Waals surface area contributed by atoms with Crippen LogP contribution in [0.4, 0.5) is 10.8 Å². The highest BCUT2D eigenvalue weighted by atomic mass is 35.5. The number of benzene rings is 3. The van der Waals surface area contributed by atoms with Gasteiger partial charge in [-0.05, 0) is 79.6 Å². The third-order valence-electron chi connectivity index (χ3n) is 12.4. The minimum Gasteiger partial charge on any atom is -0.493 e. The van der Waals surface area contributed by atoms with Gasteiger partial charge in [0.15, 0.2) is 5.13 Å². The minimum atomic E-state index is -0.842. The zero-order valence-corrected chi connectivity index (χ0v) is 43.3. The number of aliphatic hydroxyl groups is 1. The number of halogens is 1. The molecule has 1 fully saturated rings. The Balaban J connectivity index is 0.767. The maximum absolute atomic E-state index is 14.1. The summed E-state index contributed by atoms with van der Waals surface area (Å²) in [5.74, 6) is -0.0183. The fourth-order valence-electron chi connectivity index (χ4n) is 8.46. The van der Waals surface area contributed by atoms with Crippen molar-refractivity contribution >= 4 is 74.2 Å². The monoisotopic (exact) mass is 1010 g/mol. The molecule has 12 nitrogen and oxygen atoms in total. The number of aryl methyl sites for hydroxylation is 1. The molecule has 7 rings (SSSR count). The molecule has 3 amide bonds. The van der Waals surface area contributed by atoms with E-state index in [4.69, 9.17) is 26.3 Å². The molecule has 366 valence electrons. The summed E-state index contributed by atoms with van der Waals surface area (Å²) in [5.41, 5.74) is 7.80. The molecule has 4 heterocycles. The Labute approximate surface area is 423 Å². The smallest absolute Gasteiger partial charge is 0.246 e. The molecule has 0 bridgehead atoms. The van der Waals surface area contributed by atoms with E-state index in [1.807, 2.05) is 118 Å². The summed E-state index contributed by atoms with van der Waals surface area (Å²) in [6.07, 6.45) is 8.99. The Morgan fingerprint density at radius 3 is 2.22 bits per heavy atom. The highest BCUT2D eigenvalue weighted by molar-refractivity contribution is 7.16. The fourth-order valence-corrected chi connectivity index (χ4v) is 11.0. The second-order valence-corrected chi connectivity index (χ2v) is 21.9. The number of aromatic nitrogens is 3. The van der Waals surface area contributed by atoms with Crippen molar-refractivity contribution in [2.75, 3.05) is 18.5 Å². The van der Waals surface area contributed by atoms with E-state index < -0.39 is 23.6 Å². The van der Waals surface area contributed by atoms with Crippen LogP contribution in [0.2, 0.25) is 5.02 Å². The lowest BCUT2D eigenvalue weighted by Gasteiger charge is -2.35. The molecule has 0 radical (unpaired) electrons. The Morgan fingerprint density at radius 1 is 0.841 bits per heavy atom. The van der Waals surface area contributed by atoms with Gasteiger partial charge in [0, 0.05) is 46.4 Å². The highest BCUT2D eigenvalue weighted by Crippen LogP contribution is 2.36. The van der Waals surface area contributed by atoms with Crippen LogP contribution < -0.4 is 20.7 Å². The van der Waals surface area contributed by atoms with Crippen molar-refractivity contribution in [3.63, 3.8) is 0 Å². The largest absolute Gasteiger partial charge is 0.493 e. The number of carbonyl (C=O) groups excluding carboxylic acids is 3. The first-order valence-electron chi connectivity index (χ1n) is 24.0. The number of para-hydroxylation sites is 1. The van der Waals surface area contributed by atoms with E-state index in [1.165, 1.54) is 16.2 Å². The first-order valence-corrected chi connectivity index (χ1v) is 27.0. The lowest BCUT2D eigenvalue weighted by molar-refractivity contribution is -0.144. The van der Waals surface area contributed by atoms with E-state index in [0.717, 1.165) is 118 Å². The van der Waals surface area contributed by atoms with Crippen molar-refractivity contribution in [2.45, 2.75) is 129 Å². The Kier molecular flexibility index (Phi) is 18.4. The number of nitrogens with zero attached hydrogens (tertiary/aromatic N) is 4. The number of unbranched alkanes of at least 4 members (excludes halogenated alkanes) is 8. The molecule has 3 aromatic carbocycles. The van der Waals surface area contributed by atoms with Crippen LogP contribution >= 0.6 is 45.6 Å². The van der Waals surface area contributed by atoms with Crippen molar-refractivity contribution in [1.29, 1.82) is 0 Å². The number of nitrogens with one attached hydrogen (secondary N) is 3. The van der Waals surface area contributed by atoms with Gasteiger partial charge in [-0.15, -0.1) is 34.0 Å². The maximum Gasteiger partial charge on any atom is 0.246 e. The Morgan fingerprint density at radius 2 is 1.52 bits per heavy atom. The molecular weight excluding hydrogens is 946 g/mol. The molecule has 1 aliphatic heterocycles. The standard InChI is InChI=1S/C53H64ClN7O5S3/c1-34(36-20-22-37(23-21-36)47-35(2)55-33-69-47)56-49(64)44-29-40(62)30-61(44)51(65)48(53(3,4)5)60-46(63)19-13-11-9-7-6-8-10-12-16-28-66-45-18-15-14-17-41(45)42-31-67-50(58-42)43-32-68-52(59-43)57-39-26-24-38(54)25-27-39/h14-15,17-18,20-27,31-34,40,44,48,62H,6-13,16,19,28-30H2,1-5H3,(H,56,64)(H,57,59)(H,60,63)/t34-,40+,44-,48+/m0/s1. The number of ether oxygens (including phenoxy) is 1. The second-order valence-electron chi connectivity index (χ2n) is 18.9. The highest BCUT2D eigenvalue weighted by Gasteiger charge is 2.44. The molecule has 1 saturated heterocycles. The fraction of sp³-hybridized carbons (Fsp3) is 0.434. The zero-order valence-electron chi connectivity index (χ0n) is 40.1. The van der Waals surface area contributed by atoms with Gasteiger partial charge in [0.05, 0.1) is 40.5 Å². The van der Waals surface area contributed by atoms with Gasteiger partial charge in [-0.1, -0.05) is 114 Å². The summed E-state index contributed by atoms with van der Waals surface area (Å²) < 4.78 is 6.27. The Bertz CT molecular complexity index is 2610. The molecule has 16 heteroatoms. The van der Waals surface area contributed by atoms with Crippen molar-refractivity contribution in [2.24, 2.45) is 5.41 Å². The van der Waals surface area contributed by atoms with Crippen LogP contribution in [0, 0.1) is 12.3 Å². The number of amides is 3. The number of likely N-dealkylation sites (tertiary alicyclic amines) is 1. The summed E-state index contributed by atoms with van der Waals surface area (Å²) in [4.78, 5) is 57.6. The van der Waals surface area contributed by atoms with Crippen molar-refractivity contribution < 1.29 is 24.2 Å². The summed E-state index contributed by atoms with van der Waals surface area (Å²) in [5, 5.41) is 26.5. The van der Waals surface area contributed by atoms with Crippen LogP contribution in [0.15, 0.2) is 89.1 Å². The quantitative estimate of drug-likeness (QED) is 0.0458. The number of thiazole rings is 3. The first kappa shape index (κ1) is 51.7. The molecule has 0 saturated carbocycles. The van der Waals surface area contributed by atoms with Crippen molar-refractivity contribution in [3.8, 4) is 38.1 Å². The zero-order chi connectivity index (χ0) is 48.9. The molecule has 1 aliphatic rings. The molecule has 4 atom stereocenters. The van der Waals surface area contributed by atoms with Crippen LogP contribution in [0.5, 0.6) is 5.75 Å². The first-order chi connectivity index (χ1) is 33.2. The second kappa shape index (κ2) is 24.6. The number of β-amino-alcohol motifs (C(OH)–C–C–N with tert-alkyl or cyclic N) is 1. The molecule has 0 unspecified atom stereocenters. The van der Waals surface area contributed by atoms with Gasteiger partial charge in [-0.2, -0.15) is 0 Å². The molecule has 69 heavy (non-hydrogen) atoms. The van der Waals surface area contributed by atoms with Crippen LogP contribution in [-0.2, 0) is 14.4 Å². The van der Waals surface area contributed by atoms with Crippen LogP contribution in [0.1, 0.15) is 116 Å². The summed E-state index contributed by atoms with van der Waals surface area (Å²) in [7, 11) is 0. The lowest BCUT2D eigenvalue weighted by Crippen LogP contribution is -2.57. The van der Waals surface area contributed by atoms with Crippen LogP contribution in [0.25, 0.3) is 32.4 Å². The van der Waals surface area contributed by atoms with E-state index in [0.29, 0.717) is 18.1 Å². The topological polar surface area (TPSA) is 159 Å². The summed E-state index contributed by atoms with van der Waals surface area (Å²) in [6.45, 7) is 10.3. The summed E-state index contributed by atoms with van der Waals surface area (Å²) >= 11 is 10.7. The van der Waals surface area contributed by atoms with Crippen molar-refractivity contribution in [3.05, 3.63) is 105 Å².